The monoisotopic (exact) mass is 291 g/mol. The van der Waals surface area contributed by atoms with Crippen LogP contribution in [0.4, 0.5) is 0 Å². The minimum absolute atomic E-state index is 0.0668. The zero-order valence-electron chi connectivity index (χ0n) is 12.5. The molecule has 0 bridgehead atoms. The summed E-state index contributed by atoms with van der Waals surface area (Å²) in [7, 11) is 1.57. The molecule has 1 atom stereocenters. The van der Waals surface area contributed by atoms with E-state index in [0.29, 0.717) is 31.0 Å². The average Bonchev–Trinajstić information content (AvgIpc) is 2.54. The third-order valence-corrected chi connectivity index (χ3v) is 3.65. The number of hydrogen-bond acceptors (Lipinski definition) is 4. The summed E-state index contributed by atoms with van der Waals surface area (Å²) in [5.74, 6) is 0.164. The second kappa shape index (κ2) is 7.11. The van der Waals surface area contributed by atoms with Gasteiger partial charge >= 0.3 is 5.97 Å². The molecule has 1 amide bonds. The fourth-order valence-electron chi connectivity index (χ4n) is 2.55. The van der Waals surface area contributed by atoms with Gasteiger partial charge < -0.3 is 14.4 Å². The molecule has 1 saturated heterocycles. The molecule has 0 spiro atoms. The van der Waals surface area contributed by atoms with E-state index in [1.807, 2.05) is 0 Å². The summed E-state index contributed by atoms with van der Waals surface area (Å²) >= 11 is 0. The van der Waals surface area contributed by atoms with Gasteiger partial charge in [0.25, 0.3) is 5.91 Å². The maximum Gasteiger partial charge on any atom is 0.310 e. The van der Waals surface area contributed by atoms with E-state index in [1.54, 1.807) is 43.2 Å². The van der Waals surface area contributed by atoms with Gasteiger partial charge in [0.15, 0.2) is 0 Å². The summed E-state index contributed by atoms with van der Waals surface area (Å²) in [6, 6.07) is 7.07. The molecule has 5 nitrogen and oxygen atoms in total. The van der Waals surface area contributed by atoms with Crippen LogP contribution in [0.2, 0.25) is 0 Å². The predicted octanol–water partition coefficient (Wildman–Crippen LogP) is 2.11. The molecule has 0 radical (unpaired) electrons. The maximum atomic E-state index is 12.5. The van der Waals surface area contributed by atoms with Crippen LogP contribution in [0.3, 0.4) is 0 Å². The van der Waals surface area contributed by atoms with Crippen LogP contribution in [0, 0.1) is 5.92 Å². The van der Waals surface area contributed by atoms with Crippen LogP contribution in [0.1, 0.15) is 30.1 Å². The van der Waals surface area contributed by atoms with E-state index in [4.69, 9.17) is 9.47 Å². The Kier molecular flexibility index (Phi) is 5.20. The molecule has 1 aliphatic heterocycles. The first-order chi connectivity index (χ1) is 10.2. The van der Waals surface area contributed by atoms with Crippen molar-refractivity contribution in [2.75, 3.05) is 26.8 Å². The first-order valence-electron chi connectivity index (χ1n) is 7.25. The number of piperidine rings is 1. The number of amides is 1. The number of rotatable bonds is 4. The molecule has 0 unspecified atom stereocenters. The van der Waals surface area contributed by atoms with E-state index in [2.05, 4.69) is 0 Å². The number of carbonyl (C=O) groups excluding carboxylic acids is 2. The number of methoxy groups -OCH3 is 1. The molecule has 0 aliphatic carbocycles. The van der Waals surface area contributed by atoms with Crippen LogP contribution < -0.4 is 4.74 Å². The molecule has 1 fully saturated rings. The van der Waals surface area contributed by atoms with Crippen molar-refractivity contribution in [3.63, 3.8) is 0 Å². The molecule has 0 N–H and O–H groups in total. The lowest BCUT2D eigenvalue weighted by Crippen LogP contribution is -2.42. The van der Waals surface area contributed by atoms with Crippen molar-refractivity contribution < 1.29 is 19.1 Å². The topological polar surface area (TPSA) is 55.8 Å². The number of likely N-dealkylation sites (tertiary alicyclic amines) is 1. The van der Waals surface area contributed by atoms with Crippen molar-refractivity contribution in [2.24, 2.45) is 5.92 Å². The fraction of sp³-hybridized carbons (Fsp3) is 0.500. The minimum atomic E-state index is -0.215. The molecule has 1 aromatic carbocycles. The second-order valence-corrected chi connectivity index (χ2v) is 5.07. The Morgan fingerprint density at radius 3 is 2.90 bits per heavy atom. The number of benzene rings is 1. The highest BCUT2D eigenvalue weighted by molar-refractivity contribution is 5.95. The van der Waals surface area contributed by atoms with Crippen molar-refractivity contribution in [1.29, 1.82) is 0 Å². The molecule has 114 valence electrons. The molecular weight excluding hydrogens is 270 g/mol. The Hall–Kier alpha value is -2.04. The van der Waals surface area contributed by atoms with E-state index >= 15 is 0 Å². The van der Waals surface area contributed by atoms with Crippen LogP contribution in [0.5, 0.6) is 5.75 Å². The summed E-state index contributed by atoms with van der Waals surface area (Å²) in [5.41, 5.74) is 0.582. The Bertz CT molecular complexity index is 515. The normalized spacial score (nSPS) is 18.2. The van der Waals surface area contributed by atoms with E-state index in [-0.39, 0.29) is 17.8 Å². The van der Waals surface area contributed by atoms with Crippen LogP contribution in [0.25, 0.3) is 0 Å². The van der Waals surface area contributed by atoms with Gasteiger partial charge in [-0.05, 0) is 38.0 Å². The largest absolute Gasteiger partial charge is 0.497 e. The van der Waals surface area contributed by atoms with Gasteiger partial charge in [0.2, 0.25) is 0 Å². The van der Waals surface area contributed by atoms with E-state index in [0.717, 1.165) is 12.8 Å². The summed E-state index contributed by atoms with van der Waals surface area (Å²) in [4.78, 5) is 26.1. The van der Waals surface area contributed by atoms with Crippen molar-refractivity contribution in [1.82, 2.24) is 4.90 Å². The highest BCUT2D eigenvalue weighted by Crippen LogP contribution is 2.21. The zero-order valence-corrected chi connectivity index (χ0v) is 12.5. The average molecular weight is 291 g/mol. The van der Waals surface area contributed by atoms with E-state index in [1.165, 1.54) is 0 Å². The van der Waals surface area contributed by atoms with Gasteiger partial charge in [-0.25, -0.2) is 0 Å². The SMILES string of the molecule is CCOC(=O)[C@@H]1CCCN(C(=O)c2cccc(OC)c2)C1. The van der Waals surface area contributed by atoms with Crippen LogP contribution in [-0.2, 0) is 9.53 Å². The van der Waals surface area contributed by atoms with Gasteiger partial charge in [-0.2, -0.15) is 0 Å². The van der Waals surface area contributed by atoms with Gasteiger partial charge in [0.05, 0.1) is 19.6 Å². The Balaban J connectivity index is 2.06. The Morgan fingerprint density at radius 2 is 2.19 bits per heavy atom. The quantitative estimate of drug-likeness (QED) is 0.797. The number of hydrogen-bond donors (Lipinski definition) is 0. The van der Waals surface area contributed by atoms with Gasteiger partial charge in [-0.15, -0.1) is 0 Å². The first-order valence-corrected chi connectivity index (χ1v) is 7.25. The van der Waals surface area contributed by atoms with Crippen molar-refractivity contribution >= 4 is 11.9 Å². The molecule has 21 heavy (non-hydrogen) atoms. The standard InChI is InChI=1S/C16H21NO4/c1-3-21-16(19)13-7-5-9-17(11-13)15(18)12-6-4-8-14(10-12)20-2/h4,6,8,10,13H,3,5,7,9,11H2,1-2H3/t13-/m1/s1. The number of ether oxygens (including phenoxy) is 2. The second-order valence-electron chi connectivity index (χ2n) is 5.07. The lowest BCUT2D eigenvalue weighted by atomic mass is 9.97. The first kappa shape index (κ1) is 15.4. The molecule has 1 heterocycles. The van der Waals surface area contributed by atoms with Gasteiger partial charge in [-0.1, -0.05) is 6.07 Å². The van der Waals surface area contributed by atoms with Crippen molar-refractivity contribution in [3.05, 3.63) is 29.8 Å². The van der Waals surface area contributed by atoms with E-state index < -0.39 is 0 Å². The molecule has 0 aromatic heterocycles. The Morgan fingerprint density at radius 1 is 1.38 bits per heavy atom. The van der Waals surface area contributed by atoms with Crippen molar-refractivity contribution in [3.8, 4) is 5.75 Å². The molecule has 0 saturated carbocycles. The smallest absolute Gasteiger partial charge is 0.310 e. The van der Waals surface area contributed by atoms with Gasteiger partial charge in [0.1, 0.15) is 5.75 Å². The summed E-state index contributed by atoms with van der Waals surface area (Å²) in [5, 5.41) is 0. The van der Waals surface area contributed by atoms with Gasteiger partial charge in [0, 0.05) is 18.7 Å². The minimum Gasteiger partial charge on any atom is -0.497 e. The molecule has 1 aliphatic rings. The van der Waals surface area contributed by atoms with Crippen LogP contribution in [0.15, 0.2) is 24.3 Å². The summed E-state index contributed by atoms with van der Waals surface area (Å²) in [6.45, 7) is 3.26. The summed E-state index contributed by atoms with van der Waals surface area (Å²) < 4.78 is 10.2. The number of nitrogens with zero attached hydrogens (tertiary/aromatic N) is 1. The zero-order chi connectivity index (χ0) is 15.2. The van der Waals surface area contributed by atoms with Crippen LogP contribution in [-0.4, -0.2) is 43.6 Å². The third-order valence-electron chi connectivity index (χ3n) is 3.65. The third kappa shape index (κ3) is 3.74. The van der Waals surface area contributed by atoms with Crippen LogP contribution >= 0.6 is 0 Å². The number of esters is 1. The van der Waals surface area contributed by atoms with Crippen molar-refractivity contribution in [2.45, 2.75) is 19.8 Å². The highest BCUT2D eigenvalue weighted by Gasteiger charge is 2.29. The predicted molar refractivity (Wildman–Crippen MR) is 78.3 cm³/mol. The van der Waals surface area contributed by atoms with Gasteiger partial charge in [-0.3, -0.25) is 9.59 Å². The molecule has 1 aromatic rings. The molecule has 2 rings (SSSR count). The lowest BCUT2D eigenvalue weighted by molar-refractivity contribution is -0.149. The highest BCUT2D eigenvalue weighted by atomic mass is 16.5. The summed E-state index contributed by atoms with van der Waals surface area (Å²) in [6.07, 6.45) is 1.60. The molecule has 5 heteroatoms. The van der Waals surface area contributed by atoms with E-state index in [9.17, 15) is 9.59 Å². The maximum absolute atomic E-state index is 12.5. The molecular formula is C16H21NO4. The lowest BCUT2D eigenvalue weighted by Gasteiger charge is -2.31. The Labute approximate surface area is 124 Å². The fourth-order valence-corrected chi connectivity index (χ4v) is 2.55. The number of carbonyl (C=O) groups is 2.